The zero-order valence-corrected chi connectivity index (χ0v) is 19.7. The molecule has 0 bridgehead atoms. The molecule has 0 aromatic heterocycles. The summed E-state index contributed by atoms with van der Waals surface area (Å²) >= 11 is 0. The van der Waals surface area contributed by atoms with Gasteiger partial charge < -0.3 is 28.7 Å². The number of benzene rings is 2. The van der Waals surface area contributed by atoms with Gasteiger partial charge in [0.1, 0.15) is 0 Å². The van der Waals surface area contributed by atoms with E-state index in [1.54, 1.807) is 0 Å². The van der Waals surface area contributed by atoms with Crippen LogP contribution < -0.4 is 9.80 Å². The number of epoxide rings is 4. The van der Waals surface area contributed by atoms with Crippen LogP contribution in [0.2, 0.25) is 0 Å². The van der Waals surface area contributed by atoms with E-state index < -0.39 is 0 Å². The number of rotatable bonds is 12. The van der Waals surface area contributed by atoms with E-state index in [9.17, 15) is 0 Å². The fourth-order valence-corrected chi connectivity index (χ4v) is 4.82. The molecule has 4 unspecified atom stereocenters. The Balaban J connectivity index is 1.15. The molecule has 4 aliphatic rings. The average Bonchev–Trinajstić information content (AvgIpc) is 3.58. The molecule has 0 N–H and O–H groups in total. The Morgan fingerprint density at radius 2 is 0.939 bits per heavy atom. The number of nitrogens with zero attached hydrogens (tertiary/aromatic N) is 2. The van der Waals surface area contributed by atoms with Crippen molar-refractivity contribution in [3.05, 3.63) is 58.7 Å². The predicted molar refractivity (Wildman–Crippen MR) is 129 cm³/mol. The SMILES string of the molecule is Cc1cc(Cc2ccc(N(CC3CO3)CC3CO3)c(C)c2)ccc1N(CC1CO1)CC1CO1. The molecule has 6 rings (SSSR count). The van der Waals surface area contributed by atoms with E-state index in [0.717, 1.165) is 59.0 Å². The summed E-state index contributed by atoms with van der Waals surface area (Å²) in [5, 5.41) is 0. The van der Waals surface area contributed by atoms with Crippen LogP contribution >= 0.6 is 0 Å². The van der Waals surface area contributed by atoms with Crippen LogP contribution in [0.25, 0.3) is 0 Å². The molecule has 0 spiro atoms. The molecule has 0 amide bonds. The van der Waals surface area contributed by atoms with Crippen molar-refractivity contribution >= 4 is 11.4 Å². The molecule has 6 heteroatoms. The molecule has 176 valence electrons. The summed E-state index contributed by atoms with van der Waals surface area (Å²) < 4.78 is 22.0. The molecule has 33 heavy (non-hydrogen) atoms. The molecule has 0 aliphatic carbocycles. The third kappa shape index (κ3) is 5.69. The minimum atomic E-state index is 0.377. The summed E-state index contributed by atoms with van der Waals surface area (Å²) in [5.74, 6) is 0. The standard InChI is InChI=1S/C27H34N2O4/c1-18-7-20(3-5-26(18)28(10-22-14-30-22)11-23-15-31-23)9-21-4-6-27(19(2)8-21)29(12-24-16-32-24)13-25-17-33-25/h3-8,22-25H,9-17H2,1-2H3. The van der Waals surface area contributed by atoms with Gasteiger partial charge in [0.25, 0.3) is 0 Å². The number of ether oxygens (including phenoxy) is 4. The number of hydrogen-bond acceptors (Lipinski definition) is 6. The van der Waals surface area contributed by atoms with Gasteiger partial charge in [-0.3, -0.25) is 0 Å². The first-order valence-electron chi connectivity index (χ1n) is 12.3. The van der Waals surface area contributed by atoms with Gasteiger partial charge >= 0.3 is 0 Å². The van der Waals surface area contributed by atoms with Gasteiger partial charge in [0.2, 0.25) is 0 Å². The Labute approximate surface area is 196 Å². The maximum atomic E-state index is 5.49. The molecule has 4 fully saturated rings. The van der Waals surface area contributed by atoms with Gasteiger partial charge in [0, 0.05) is 37.6 Å². The fraction of sp³-hybridized carbons (Fsp3) is 0.556. The molecule has 4 aliphatic heterocycles. The van der Waals surface area contributed by atoms with Gasteiger partial charge in [-0.05, 0) is 54.7 Å². The molecule has 4 atom stereocenters. The molecule has 0 radical (unpaired) electrons. The predicted octanol–water partition coefficient (Wildman–Crippen LogP) is 3.10. The van der Waals surface area contributed by atoms with Crippen molar-refractivity contribution in [1.29, 1.82) is 0 Å². The van der Waals surface area contributed by atoms with Crippen LogP contribution in [0.1, 0.15) is 22.3 Å². The van der Waals surface area contributed by atoms with E-state index in [1.807, 2.05) is 0 Å². The van der Waals surface area contributed by atoms with E-state index in [2.05, 4.69) is 60.0 Å². The van der Waals surface area contributed by atoms with Crippen LogP contribution in [-0.4, -0.2) is 77.0 Å². The fourth-order valence-electron chi connectivity index (χ4n) is 4.82. The molecule has 6 nitrogen and oxygen atoms in total. The molecule has 0 saturated carbocycles. The second-order valence-corrected chi connectivity index (χ2v) is 10.0. The largest absolute Gasteiger partial charge is 0.371 e. The lowest BCUT2D eigenvalue weighted by Crippen LogP contribution is -2.32. The molecule has 4 saturated heterocycles. The Hall–Kier alpha value is -2.12. The van der Waals surface area contributed by atoms with Gasteiger partial charge in [-0.1, -0.05) is 24.3 Å². The van der Waals surface area contributed by atoms with Crippen molar-refractivity contribution in [2.24, 2.45) is 0 Å². The highest BCUT2D eigenvalue weighted by Crippen LogP contribution is 2.29. The number of hydrogen-bond donors (Lipinski definition) is 0. The zero-order valence-electron chi connectivity index (χ0n) is 19.7. The molecule has 2 aromatic rings. The first-order chi connectivity index (χ1) is 16.1. The van der Waals surface area contributed by atoms with Crippen LogP contribution in [0.5, 0.6) is 0 Å². The molecule has 2 aromatic carbocycles. The van der Waals surface area contributed by atoms with Crippen molar-refractivity contribution < 1.29 is 18.9 Å². The summed E-state index contributed by atoms with van der Waals surface area (Å²) in [6, 6.07) is 13.8. The van der Waals surface area contributed by atoms with Crippen molar-refractivity contribution in [2.75, 3.05) is 62.4 Å². The maximum absolute atomic E-state index is 5.49. The van der Waals surface area contributed by atoms with Crippen molar-refractivity contribution in [1.82, 2.24) is 0 Å². The zero-order chi connectivity index (χ0) is 22.4. The lowest BCUT2D eigenvalue weighted by molar-refractivity contribution is 0.388. The molecule has 4 heterocycles. The van der Waals surface area contributed by atoms with Crippen molar-refractivity contribution in [2.45, 2.75) is 44.7 Å². The highest BCUT2D eigenvalue weighted by atomic mass is 16.6. The second kappa shape index (κ2) is 8.91. The Morgan fingerprint density at radius 3 is 1.21 bits per heavy atom. The number of aryl methyl sites for hydroxylation is 2. The average molecular weight is 451 g/mol. The quantitative estimate of drug-likeness (QED) is 0.463. The van der Waals surface area contributed by atoms with Crippen molar-refractivity contribution in [3.8, 4) is 0 Å². The highest BCUT2D eigenvalue weighted by Gasteiger charge is 2.32. The smallest absolute Gasteiger partial charge is 0.0984 e. The van der Waals surface area contributed by atoms with E-state index in [4.69, 9.17) is 18.9 Å². The summed E-state index contributed by atoms with van der Waals surface area (Å²) in [6.07, 6.45) is 2.45. The van der Waals surface area contributed by atoms with Gasteiger partial charge in [-0.15, -0.1) is 0 Å². The van der Waals surface area contributed by atoms with E-state index in [1.165, 1.54) is 33.6 Å². The summed E-state index contributed by atoms with van der Waals surface area (Å²) in [4.78, 5) is 4.88. The van der Waals surface area contributed by atoms with E-state index in [0.29, 0.717) is 24.4 Å². The monoisotopic (exact) mass is 450 g/mol. The lowest BCUT2D eigenvalue weighted by atomic mass is 9.99. The minimum Gasteiger partial charge on any atom is -0.371 e. The Kier molecular flexibility index (Phi) is 5.78. The second-order valence-electron chi connectivity index (χ2n) is 10.0. The molecular formula is C27H34N2O4. The third-order valence-corrected chi connectivity index (χ3v) is 6.92. The van der Waals surface area contributed by atoms with Gasteiger partial charge in [0.15, 0.2) is 0 Å². The van der Waals surface area contributed by atoms with Crippen LogP contribution in [0, 0.1) is 13.8 Å². The third-order valence-electron chi connectivity index (χ3n) is 6.92. The Morgan fingerprint density at radius 1 is 0.606 bits per heavy atom. The maximum Gasteiger partial charge on any atom is 0.0984 e. The summed E-state index contributed by atoms with van der Waals surface area (Å²) in [7, 11) is 0. The first kappa shape index (κ1) is 21.4. The lowest BCUT2D eigenvalue weighted by Gasteiger charge is -2.26. The van der Waals surface area contributed by atoms with Gasteiger partial charge in [-0.2, -0.15) is 0 Å². The van der Waals surface area contributed by atoms with Crippen LogP contribution in [-0.2, 0) is 25.4 Å². The van der Waals surface area contributed by atoms with Crippen LogP contribution in [0.3, 0.4) is 0 Å². The van der Waals surface area contributed by atoms with E-state index in [-0.39, 0.29) is 0 Å². The Bertz CT molecular complexity index is 888. The summed E-state index contributed by atoms with van der Waals surface area (Å²) in [6.45, 7) is 11.8. The summed E-state index contributed by atoms with van der Waals surface area (Å²) in [5.41, 5.74) is 7.95. The normalized spacial score (nSPS) is 26.7. The van der Waals surface area contributed by atoms with Gasteiger partial charge in [0.05, 0.1) is 50.8 Å². The van der Waals surface area contributed by atoms with Crippen LogP contribution in [0.15, 0.2) is 36.4 Å². The topological polar surface area (TPSA) is 56.6 Å². The first-order valence-corrected chi connectivity index (χ1v) is 12.3. The van der Waals surface area contributed by atoms with Crippen LogP contribution in [0.4, 0.5) is 11.4 Å². The number of anilines is 2. The van der Waals surface area contributed by atoms with E-state index >= 15 is 0 Å². The van der Waals surface area contributed by atoms with Crippen molar-refractivity contribution in [3.63, 3.8) is 0 Å². The molecular weight excluding hydrogens is 416 g/mol. The minimum absolute atomic E-state index is 0.377. The van der Waals surface area contributed by atoms with Gasteiger partial charge in [-0.25, -0.2) is 0 Å². The highest BCUT2D eigenvalue weighted by molar-refractivity contribution is 5.57.